The first-order chi connectivity index (χ1) is 15.3. The first kappa shape index (κ1) is 21.7. The molecule has 0 saturated heterocycles. The Labute approximate surface area is 188 Å². The van der Waals surface area contributed by atoms with Crippen molar-refractivity contribution in [2.75, 3.05) is 12.4 Å². The molecule has 162 valence electrons. The number of benzene rings is 4. The van der Waals surface area contributed by atoms with E-state index in [0.717, 1.165) is 27.6 Å². The van der Waals surface area contributed by atoms with Crippen LogP contribution in [0.5, 0.6) is 0 Å². The molecule has 0 bridgehead atoms. The van der Waals surface area contributed by atoms with Gasteiger partial charge in [-0.15, -0.1) is 0 Å². The smallest absolute Gasteiger partial charge is 0.255 e. The van der Waals surface area contributed by atoms with E-state index >= 15 is 0 Å². The molecule has 0 spiro atoms. The van der Waals surface area contributed by atoms with Gasteiger partial charge in [0.25, 0.3) is 5.91 Å². The molecule has 4 aromatic carbocycles. The fourth-order valence-electron chi connectivity index (χ4n) is 3.52. The number of amides is 1. The second-order valence-corrected chi connectivity index (χ2v) is 9.80. The highest BCUT2D eigenvalue weighted by atomic mass is 32.2. The molecule has 0 unspecified atom stereocenters. The molecule has 0 fully saturated rings. The van der Waals surface area contributed by atoms with Gasteiger partial charge in [-0.3, -0.25) is 4.79 Å². The topological polar surface area (TPSA) is 66.5 Å². The van der Waals surface area contributed by atoms with Crippen LogP contribution in [-0.4, -0.2) is 25.7 Å². The number of anilines is 1. The van der Waals surface area contributed by atoms with Crippen LogP contribution >= 0.6 is 0 Å². The lowest BCUT2D eigenvalue weighted by Crippen LogP contribution is -2.26. The minimum absolute atomic E-state index is 0.210. The Kier molecular flexibility index (Phi) is 6.08. The number of nitrogens with zero attached hydrogens (tertiary/aromatic N) is 1. The Bertz CT molecular complexity index is 1360. The van der Waals surface area contributed by atoms with Crippen molar-refractivity contribution in [3.05, 3.63) is 108 Å². The Morgan fingerprint density at radius 3 is 2.22 bits per heavy atom. The summed E-state index contributed by atoms with van der Waals surface area (Å²) in [5, 5.41) is 5.00. The summed E-state index contributed by atoms with van der Waals surface area (Å²) >= 11 is 0. The van der Waals surface area contributed by atoms with Crippen LogP contribution in [0.25, 0.3) is 10.8 Å². The average Bonchev–Trinajstić information content (AvgIpc) is 2.80. The molecule has 0 aromatic heterocycles. The number of carbonyl (C=O) groups is 1. The van der Waals surface area contributed by atoms with E-state index in [4.69, 9.17) is 0 Å². The molecule has 4 rings (SSSR count). The number of sulfonamides is 1. The summed E-state index contributed by atoms with van der Waals surface area (Å²) in [6, 6.07) is 27.4. The Morgan fingerprint density at radius 1 is 0.844 bits per heavy atom. The summed E-state index contributed by atoms with van der Waals surface area (Å²) in [7, 11) is -2.04. The molecular weight excluding hydrogens is 420 g/mol. The Morgan fingerprint density at radius 2 is 1.50 bits per heavy atom. The molecule has 0 heterocycles. The molecular formula is C26H24N2O3S. The lowest BCUT2D eigenvalue weighted by Gasteiger charge is -2.17. The number of hydrogen-bond donors (Lipinski definition) is 1. The number of rotatable bonds is 6. The van der Waals surface area contributed by atoms with Gasteiger partial charge in [0.2, 0.25) is 10.0 Å². The van der Waals surface area contributed by atoms with Crippen LogP contribution in [0.1, 0.15) is 21.5 Å². The van der Waals surface area contributed by atoms with Gasteiger partial charge in [-0.25, -0.2) is 8.42 Å². The van der Waals surface area contributed by atoms with E-state index in [1.807, 2.05) is 49.4 Å². The summed E-state index contributed by atoms with van der Waals surface area (Å²) in [4.78, 5) is 13.0. The second-order valence-electron chi connectivity index (χ2n) is 7.75. The van der Waals surface area contributed by atoms with Crippen molar-refractivity contribution < 1.29 is 13.2 Å². The average molecular weight is 445 g/mol. The van der Waals surface area contributed by atoms with Gasteiger partial charge in [0.05, 0.1) is 4.90 Å². The number of fused-ring (bicyclic) bond motifs is 1. The van der Waals surface area contributed by atoms with Crippen molar-refractivity contribution in [1.29, 1.82) is 0 Å². The Hall–Kier alpha value is -3.48. The molecule has 0 radical (unpaired) electrons. The van der Waals surface area contributed by atoms with Gasteiger partial charge in [0.15, 0.2) is 0 Å². The normalized spacial score (nSPS) is 11.6. The number of nitrogens with one attached hydrogen (secondary N) is 1. The van der Waals surface area contributed by atoms with Crippen molar-refractivity contribution in [3.8, 4) is 0 Å². The molecule has 1 N–H and O–H groups in total. The zero-order valence-corrected chi connectivity index (χ0v) is 18.8. The maximum absolute atomic E-state index is 12.8. The predicted octanol–water partition coefficient (Wildman–Crippen LogP) is 5.22. The summed E-state index contributed by atoms with van der Waals surface area (Å²) in [6.07, 6.45) is 0. The van der Waals surface area contributed by atoms with E-state index in [9.17, 15) is 13.2 Å². The van der Waals surface area contributed by atoms with Crippen molar-refractivity contribution in [3.63, 3.8) is 0 Å². The molecule has 1 amide bonds. The third-order valence-corrected chi connectivity index (χ3v) is 7.21. The zero-order chi connectivity index (χ0) is 22.7. The van der Waals surface area contributed by atoms with Crippen molar-refractivity contribution in [2.45, 2.75) is 18.4 Å². The van der Waals surface area contributed by atoms with E-state index in [1.54, 1.807) is 55.6 Å². The molecule has 0 saturated carbocycles. The van der Waals surface area contributed by atoms with Gasteiger partial charge in [0.1, 0.15) is 0 Å². The van der Waals surface area contributed by atoms with Gasteiger partial charge in [-0.2, -0.15) is 4.31 Å². The molecule has 32 heavy (non-hydrogen) atoms. The highest BCUT2D eigenvalue weighted by Crippen LogP contribution is 2.24. The van der Waals surface area contributed by atoms with Gasteiger partial charge in [-0.05, 0) is 48.2 Å². The van der Waals surface area contributed by atoms with E-state index in [2.05, 4.69) is 5.32 Å². The van der Waals surface area contributed by atoms with E-state index < -0.39 is 10.0 Å². The summed E-state index contributed by atoms with van der Waals surface area (Å²) < 4.78 is 26.9. The Balaban J connectivity index is 1.46. The maximum Gasteiger partial charge on any atom is 0.255 e. The predicted molar refractivity (Wildman–Crippen MR) is 128 cm³/mol. The van der Waals surface area contributed by atoms with Crippen molar-refractivity contribution in [1.82, 2.24) is 4.31 Å². The largest absolute Gasteiger partial charge is 0.321 e. The van der Waals surface area contributed by atoms with Gasteiger partial charge < -0.3 is 5.32 Å². The number of hydrogen-bond acceptors (Lipinski definition) is 3. The first-order valence-corrected chi connectivity index (χ1v) is 11.7. The SMILES string of the molecule is Cc1ccc(S(=O)(=O)N(C)Cc2ccc(C(=O)Nc3cccc4ccccc34)cc2)cc1. The standard InChI is InChI=1S/C26H24N2O3S/c1-19-10-16-23(17-11-19)32(30,31)28(2)18-20-12-14-22(15-13-20)26(29)27-25-9-5-7-21-6-3-4-8-24(21)25/h3-17H,18H2,1-2H3,(H,27,29). The van der Waals surface area contributed by atoms with E-state index in [0.29, 0.717) is 5.56 Å². The van der Waals surface area contributed by atoms with Gasteiger partial charge in [0, 0.05) is 30.2 Å². The van der Waals surface area contributed by atoms with Gasteiger partial charge >= 0.3 is 0 Å². The maximum atomic E-state index is 12.8. The fourth-order valence-corrected chi connectivity index (χ4v) is 4.68. The fraction of sp³-hybridized carbons (Fsp3) is 0.115. The highest BCUT2D eigenvalue weighted by Gasteiger charge is 2.20. The third kappa shape index (κ3) is 4.56. The van der Waals surface area contributed by atoms with E-state index in [-0.39, 0.29) is 17.3 Å². The first-order valence-electron chi connectivity index (χ1n) is 10.3. The van der Waals surface area contributed by atoms with Crippen LogP contribution in [0.4, 0.5) is 5.69 Å². The molecule has 0 aliphatic rings. The quantitative estimate of drug-likeness (QED) is 0.443. The lowest BCUT2D eigenvalue weighted by molar-refractivity contribution is 0.102. The van der Waals surface area contributed by atoms with Crippen LogP contribution in [0.15, 0.2) is 95.9 Å². The minimum atomic E-state index is -3.59. The van der Waals surface area contributed by atoms with Crippen LogP contribution in [0.2, 0.25) is 0 Å². The van der Waals surface area contributed by atoms with Crippen molar-refractivity contribution >= 4 is 32.4 Å². The lowest BCUT2D eigenvalue weighted by atomic mass is 10.1. The third-order valence-electron chi connectivity index (χ3n) is 5.39. The summed E-state index contributed by atoms with van der Waals surface area (Å²) in [5.41, 5.74) is 3.06. The van der Waals surface area contributed by atoms with Gasteiger partial charge in [-0.1, -0.05) is 66.2 Å². The highest BCUT2D eigenvalue weighted by molar-refractivity contribution is 7.89. The minimum Gasteiger partial charge on any atom is -0.321 e. The van der Waals surface area contributed by atoms with Crippen LogP contribution < -0.4 is 5.32 Å². The van der Waals surface area contributed by atoms with Crippen LogP contribution in [-0.2, 0) is 16.6 Å². The van der Waals surface area contributed by atoms with Crippen molar-refractivity contribution in [2.24, 2.45) is 0 Å². The zero-order valence-electron chi connectivity index (χ0n) is 17.9. The molecule has 0 aliphatic carbocycles. The van der Waals surface area contributed by atoms with Crippen LogP contribution in [0.3, 0.4) is 0 Å². The molecule has 4 aromatic rings. The number of carbonyl (C=O) groups excluding carboxylic acids is 1. The van der Waals surface area contributed by atoms with Crippen LogP contribution in [0, 0.1) is 6.92 Å². The second kappa shape index (κ2) is 8.94. The molecule has 5 nitrogen and oxygen atoms in total. The monoisotopic (exact) mass is 444 g/mol. The van der Waals surface area contributed by atoms with E-state index in [1.165, 1.54) is 4.31 Å². The summed E-state index contributed by atoms with van der Waals surface area (Å²) in [6.45, 7) is 2.12. The molecule has 0 atom stereocenters. The number of aryl methyl sites for hydroxylation is 1. The molecule has 0 aliphatic heterocycles. The molecule has 6 heteroatoms. The summed E-state index contributed by atoms with van der Waals surface area (Å²) in [5.74, 6) is -0.214.